The minimum Gasteiger partial charge on any atom is -0.486 e. The first-order chi connectivity index (χ1) is 19.6. The number of hydrogen-bond acceptors (Lipinski definition) is 2. The van der Waals surface area contributed by atoms with Crippen molar-refractivity contribution >= 4 is 18.9 Å². The van der Waals surface area contributed by atoms with Gasteiger partial charge in [-0.2, -0.15) is 0 Å². The van der Waals surface area contributed by atoms with Crippen LogP contribution in [0.2, 0.25) is 0 Å². The zero-order valence-corrected chi connectivity index (χ0v) is 24.5. The molecule has 0 saturated carbocycles. The van der Waals surface area contributed by atoms with Gasteiger partial charge in [0.1, 0.15) is 19.2 Å². The Labute approximate surface area is 244 Å². The molecule has 41 heavy (non-hydrogen) atoms. The molecule has 0 aromatic heterocycles. The van der Waals surface area contributed by atoms with E-state index in [9.17, 15) is 5.11 Å². The van der Waals surface area contributed by atoms with Gasteiger partial charge in [-0.05, 0) is 102 Å². The average Bonchev–Trinajstić information content (AvgIpc) is 3.41. The van der Waals surface area contributed by atoms with Crippen molar-refractivity contribution in [2.24, 2.45) is 5.92 Å². The van der Waals surface area contributed by atoms with Crippen LogP contribution in [0.15, 0.2) is 103 Å². The lowest BCUT2D eigenvalue weighted by atomic mass is 9.64. The van der Waals surface area contributed by atoms with Crippen molar-refractivity contribution in [3.63, 3.8) is 0 Å². The first-order valence-corrected chi connectivity index (χ1v) is 14.6. The molecule has 2 atom stereocenters. The highest BCUT2D eigenvalue weighted by atomic mass is 16.5. The van der Waals surface area contributed by atoms with Crippen molar-refractivity contribution in [2.75, 3.05) is 0 Å². The third-order valence-electron chi connectivity index (χ3n) is 9.76. The molecule has 2 unspecified atom stereocenters. The summed E-state index contributed by atoms with van der Waals surface area (Å²) in [4.78, 5) is 0. The van der Waals surface area contributed by atoms with Gasteiger partial charge in [-0.1, -0.05) is 103 Å². The Kier molecular flexibility index (Phi) is 5.63. The fourth-order valence-corrected chi connectivity index (χ4v) is 7.12. The number of fused-ring (bicyclic) bond motifs is 9. The van der Waals surface area contributed by atoms with E-state index in [1.165, 1.54) is 44.5 Å². The molecule has 202 valence electrons. The molecular formula is C38H35BO2. The summed E-state index contributed by atoms with van der Waals surface area (Å²) in [6.45, 7) is 9.68. The molecule has 0 aliphatic heterocycles. The first-order valence-electron chi connectivity index (χ1n) is 14.6. The van der Waals surface area contributed by atoms with Crippen LogP contribution in [-0.4, -0.2) is 24.2 Å². The number of ether oxygens (including phenoxy) is 1. The lowest BCUT2D eigenvalue weighted by molar-refractivity contribution is -0.0902. The van der Waals surface area contributed by atoms with Gasteiger partial charge < -0.3 is 9.84 Å². The molecule has 0 fully saturated rings. The molecular weight excluding hydrogens is 499 g/mol. The normalized spacial score (nSPS) is 20.6. The summed E-state index contributed by atoms with van der Waals surface area (Å²) in [5.41, 5.74) is 10.6. The van der Waals surface area contributed by atoms with Crippen LogP contribution in [0.4, 0.5) is 0 Å². The van der Waals surface area contributed by atoms with E-state index in [4.69, 9.17) is 12.6 Å². The van der Waals surface area contributed by atoms with Crippen LogP contribution < -0.4 is 10.2 Å². The van der Waals surface area contributed by atoms with Crippen LogP contribution in [0.1, 0.15) is 63.3 Å². The smallest absolute Gasteiger partial charge is 0.131 e. The maximum absolute atomic E-state index is 10.9. The topological polar surface area (TPSA) is 29.5 Å². The number of rotatable bonds is 4. The highest BCUT2D eigenvalue weighted by molar-refractivity contribution is 6.37. The van der Waals surface area contributed by atoms with E-state index in [1.807, 2.05) is 19.9 Å². The molecule has 0 saturated heterocycles. The Morgan fingerprint density at radius 1 is 0.805 bits per heavy atom. The second kappa shape index (κ2) is 8.84. The van der Waals surface area contributed by atoms with Gasteiger partial charge in [-0.25, -0.2) is 0 Å². The van der Waals surface area contributed by atoms with E-state index in [0.717, 1.165) is 17.5 Å². The predicted molar refractivity (Wildman–Crippen MR) is 170 cm³/mol. The maximum Gasteiger partial charge on any atom is 0.131 e. The molecule has 4 aromatic rings. The fraction of sp³-hybridized carbons (Fsp3) is 0.263. The van der Waals surface area contributed by atoms with Crippen molar-refractivity contribution in [3.05, 3.63) is 125 Å². The largest absolute Gasteiger partial charge is 0.486 e. The van der Waals surface area contributed by atoms with Crippen molar-refractivity contribution in [3.8, 4) is 28.0 Å². The average molecular weight is 535 g/mol. The zero-order chi connectivity index (χ0) is 28.7. The van der Waals surface area contributed by atoms with Crippen molar-refractivity contribution in [1.29, 1.82) is 0 Å². The maximum atomic E-state index is 10.9. The van der Waals surface area contributed by atoms with Gasteiger partial charge in [0.25, 0.3) is 0 Å². The number of benzene rings is 4. The molecule has 3 heteroatoms. The summed E-state index contributed by atoms with van der Waals surface area (Å²) in [5.74, 6) is 1.02. The summed E-state index contributed by atoms with van der Waals surface area (Å²) in [7, 11) is 7.27. The van der Waals surface area contributed by atoms with Gasteiger partial charge in [0, 0.05) is 0 Å². The van der Waals surface area contributed by atoms with E-state index in [-0.39, 0.29) is 0 Å². The van der Waals surface area contributed by atoms with Crippen LogP contribution >= 0.6 is 0 Å². The zero-order valence-electron chi connectivity index (χ0n) is 24.5. The summed E-state index contributed by atoms with van der Waals surface area (Å²) < 4.78 is 6.58. The van der Waals surface area contributed by atoms with E-state index < -0.39 is 16.6 Å². The van der Waals surface area contributed by atoms with E-state index in [1.54, 1.807) is 13.8 Å². The Balaban J connectivity index is 1.60. The summed E-state index contributed by atoms with van der Waals surface area (Å²) in [6, 6.07) is 30.4. The van der Waals surface area contributed by atoms with Crippen molar-refractivity contribution in [1.82, 2.24) is 0 Å². The van der Waals surface area contributed by atoms with E-state index in [2.05, 4.69) is 97.9 Å². The molecule has 0 amide bonds. The minimum absolute atomic E-state index is 0.416. The standard InChI is InChI=1S/C38H35BO2/c1-23-18-19-27-26-14-9-10-16-29(26)38(31(27)22-23)30-17-11-15-25(24-12-7-6-8-13-24)33(30)28-20-21-32(35(39)34(28)38)41-37(4,5)36(2,3)40/h6-21,23,40H,22H2,1-5H3. The Bertz CT molecular complexity index is 1770. The van der Waals surface area contributed by atoms with E-state index in [0.29, 0.717) is 17.1 Å². The molecule has 1 N–H and O–H groups in total. The molecule has 3 aliphatic carbocycles. The third-order valence-corrected chi connectivity index (χ3v) is 9.76. The fourth-order valence-electron chi connectivity index (χ4n) is 7.12. The molecule has 7 rings (SSSR count). The second-order valence-electron chi connectivity index (χ2n) is 12.9. The first kappa shape index (κ1) is 26.1. The molecule has 1 spiro atoms. The second-order valence-corrected chi connectivity index (χ2v) is 12.9. The van der Waals surface area contributed by atoms with Gasteiger partial charge in [0.2, 0.25) is 0 Å². The lowest BCUT2D eigenvalue weighted by Crippen LogP contribution is -2.50. The summed E-state index contributed by atoms with van der Waals surface area (Å²) in [6.07, 6.45) is 5.61. The van der Waals surface area contributed by atoms with Gasteiger partial charge >= 0.3 is 0 Å². The number of hydrogen-bond donors (Lipinski definition) is 1. The Hall–Kier alpha value is -3.82. The van der Waals surface area contributed by atoms with Crippen LogP contribution in [0.5, 0.6) is 5.75 Å². The molecule has 2 radical (unpaired) electrons. The third kappa shape index (κ3) is 3.55. The predicted octanol–water partition coefficient (Wildman–Crippen LogP) is 7.75. The highest BCUT2D eigenvalue weighted by Gasteiger charge is 2.54. The summed E-state index contributed by atoms with van der Waals surface area (Å²) >= 11 is 0. The molecule has 4 aromatic carbocycles. The van der Waals surface area contributed by atoms with Gasteiger partial charge in [0.05, 0.1) is 11.0 Å². The Morgan fingerprint density at radius 2 is 1.49 bits per heavy atom. The van der Waals surface area contributed by atoms with Crippen LogP contribution in [-0.2, 0) is 5.41 Å². The van der Waals surface area contributed by atoms with Crippen molar-refractivity contribution < 1.29 is 9.84 Å². The molecule has 0 bridgehead atoms. The molecule has 3 aliphatic rings. The quantitative estimate of drug-likeness (QED) is 0.271. The van der Waals surface area contributed by atoms with Crippen LogP contribution in [0, 0.1) is 5.92 Å². The Morgan fingerprint density at radius 3 is 2.24 bits per heavy atom. The van der Waals surface area contributed by atoms with Gasteiger partial charge in [-0.3, -0.25) is 0 Å². The molecule has 2 nitrogen and oxygen atoms in total. The van der Waals surface area contributed by atoms with Gasteiger partial charge in [0.15, 0.2) is 0 Å². The van der Waals surface area contributed by atoms with Crippen LogP contribution in [0.25, 0.3) is 27.8 Å². The summed E-state index contributed by atoms with van der Waals surface area (Å²) in [5, 5.41) is 10.9. The highest BCUT2D eigenvalue weighted by Crippen LogP contribution is 2.64. The van der Waals surface area contributed by atoms with E-state index >= 15 is 0 Å². The lowest BCUT2D eigenvalue weighted by Gasteiger charge is -2.39. The SMILES string of the molecule is [B]c1c(OC(C)(C)C(C)(C)O)ccc2c1C1(C3=C(C=CC(C)C3)c3ccccc31)c1cccc(-c3ccccc3)c1-2. The molecule has 0 heterocycles. The van der Waals surface area contributed by atoms with Crippen LogP contribution in [0.3, 0.4) is 0 Å². The van der Waals surface area contributed by atoms with Gasteiger partial charge in [-0.15, -0.1) is 0 Å². The monoisotopic (exact) mass is 534 g/mol. The number of allylic oxidation sites excluding steroid dienone is 4. The minimum atomic E-state index is -1.07. The van der Waals surface area contributed by atoms with Crippen molar-refractivity contribution in [2.45, 2.75) is 57.7 Å². The number of aliphatic hydroxyl groups is 1.